The number of anilines is 1. The molecule has 1 saturated carbocycles. The molecule has 0 bridgehead atoms. The summed E-state index contributed by atoms with van der Waals surface area (Å²) in [7, 11) is 0. The van der Waals surface area contributed by atoms with Gasteiger partial charge in [-0.15, -0.1) is 0 Å². The molecule has 9 heteroatoms. The molecule has 4 heterocycles. The summed E-state index contributed by atoms with van der Waals surface area (Å²) in [6.07, 6.45) is 3.18. The van der Waals surface area contributed by atoms with Crippen LogP contribution in [0.5, 0.6) is 0 Å². The lowest BCUT2D eigenvalue weighted by Crippen LogP contribution is -2.48. The van der Waals surface area contributed by atoms with Crippen molar-refractivity contribution in [3.8, 4) is 11.4 Å². The van der Waals surface area contributed by atoms with Gasteiger partial charge in [0.05, 0.1) is 41.3 Å². The van der Waals surface area contributed by atoms with Gasteiger partial charge in [0.15, 0.2) is 0 Å². The van der Waals surface area contributed by atoms with Gasteiger partial charge in [-0.3, -0.25) is 14.7 Å². The van der Waals surface area contributed by atoms with Gasteiger partial charge in [-0.2, -0.15) is 0 Å². The lowest BCUT2D eigenvalue weighted by molar-refractivity contribution is -0.130. The van der Waals surface area contributed by atoms with E-state index in [1.807, 2.05) is 57.2 Å². The van der Waals surface area contributed by atoms with Gasteiger partial charge < -0.3 is 14.8 Å². The maximum atomic E-state index is 12.5. The number of amides is 2. The van der Waals surface area contributed by atoms with E-state index >= 15 is 0 Å². The van der Waals surface area contributed by atoms with Crippen molar-refractivity contribution in [2.24, 2.45) is 0 Å². The predicted molar refractivity (Wildman–Crippen MR) is 126 cm³/mol. The summed E-state index contributed by atoms with van der Waals surface area (Å²) in [4.78, 5) is 40.0. The Labute approximate surface area is 197 Å². The number of hydrogen-bond acceptors (Lipinski definition) is 7. The highest BCUT2D eigenvalue weighted by Gasteiger charge is 2.50. The van der Waals surface area contributed by atoms with Crippen molar-refractivity contribution < 1.29 is 19.1 Å². The molecule has 0 radical (unpaired) electrons. The Kier molecular flexibility index (Phi) is 5.44. The Balaban J connectivity index is 1.36. The van der Waals surface area contributed by atoms with Crippen LogP contribution in [0.25, 0.3) is 22.3 Å². The van der Waals surface area contributed by atoms with E-state index in [4.69, 9.17) is 19.4 Å². The molecule has 1 aliphatic heterocycles. The SMILES string of the molecule is CC(C)(C)OC(=O)NCc1cc2nc(-c3cccc(N4CC5(CC5)OCC4=O)n3)ccc2cn1. The summed E-state index contributed by atoms with van der Waals surface area (Å²) in [6.45, 7) is 6.29. The summed E-state index contributed by atoms with van der Waals surface area (Å²) in [5, 5.41) is 3.59. The molecule has 176 valence electrons. The molecule has 2 aliphatic rings. The molecular formula is C25H27N5O4. The maximum absolute atomic E-state index is 12.5. The summed E-state index contributed by atoms with van der Waals surface area (Å²) < 4.78 is 11.0. The minimum Gasteiger partial charge on any atom is -0.444 e. The zero-order valence-corrected chi connectivity index (χ0v) is 19.5. The largest absolute Gasteiger partial charge is 0.444 e. The number of nitrogens with one attached hydrogen (secondary N) is 1. The first-order chi connectivity index (χ1) is 16.2. The van der Waals surface area contributed by atoms with Crippen molar-refractivity contribution in [1.82, 2.24) is 20.3 Å². The number of hydrogen-bond donors (Lipinski definition) is 1. The summed E-state index contributed by atoms with van der Waals surface area (Å²) >= 11 is 0. The average Bonchev–Trinajstić information content (AvgIpc) is 3.57. The summed E-state index contributed by atoms with van der Waals surface area (Å²) in [6, 6.07) is 11.3. The molecule has 1 saturated heterocycles. The number of morpholine rings is 1. The Hall–Kier alpha value is -3.59. The van der Waals surface area contributed by atoms with Crippen LogP contribution in [-0.2, 0) is 20.8 Å². The Morgan fingerprint density at radius 1 is 1.18 bits per heavy atom. The number of alkyl carbamates (subject to hydrolysis) is 1. The first-order valence-corrected chi connectivity index (χ1v) is 11.3. The van der Waals surface area contributed by atoms with E-state index in [-0.39, 0.29) is 24.7 Å². The number of aromatic nitrogens is 3. The fourth-order valence-electron chi connectivity index (χ4n) is 3.86. The highest BCUT2D eigenvalue weighted by molar-refractivity contribution is 5.94. The van der Waals surface area contributed by atoms with E-state index in [1.54, 1.807) is 11.1 Å². The Morgan fingerprint density at radius 2 is 1.97 bits per heavy atom. The molecular weight excluding hydrogens is 434 g/mol. The number of fused-ring (bicyclic) bond motifs is 1. The van der Waals surface area contributed by atoms with Gasteiger partial charge in [-0.05, 0) is 63.9 Å². The molecule has 1 N–H and O–H groups in total. The molecule has 2 amide bonds. The normalized spacial score (nSPS) is 17.1. The van der Waals surface area contributed by atoms with Crippen LogP contribution in [-0.4, -0.2) is 51.3 Å². The second kappa shape index (κ2) is 8.32. The average molecular weight is 462 g/mol. The van der Waals surface area contributed by atoms with Gasteiger partial charge in [0.1, 0.15) is 18.0 Å². The van der Waals surface area contributed by atoms with E-state index in [9.17, 15) is 9.59 Å². The third-order valence-electron chi connectivity index (χ3n) is 5.77. The van der Waals surface area contributed by atoms with Crippen molar-refractivity contribution in [2.45, 2.75) is 51.4 Å². The van der Waals surface area contributed by atoms with E-state index in [0.29, 0.717) is 29.4 Å². The van der Waals surface area contributed by atoms with E-state index in [0.717, 1.165) is 23.7 Å². The minimum absolute atomic E-state index is 0.0816. The van der Waals surface area contributed by atoms with Gasteiger partial charge in [0, 0.05) is 11.6 Å². The zero-order valence-electron chi connectivity index (χ0n) is 19.5. The van der Waals surface area contributed by atoms with Crippen molar-refractivity contribution in [3.63, 3.8) is 0 Å². The molecule has 34 heavy (non-hydrogen) atoms. The predicted octanol–water partition coefficient (Wildman–Crippen LogP) is 3.61. The Morgan fingerprint density at radius 3 is 2.74 bits per heavy atom. The van der Waals surface area contributed by atoms with Gasteiger partial charge >= 0.3 is 6.09 Å². The third-order valence-corrected chi connectivity index (χ3v) is 5.77. The van der Waals surface area contributed by atoms with Crippen molar-refractivity contribution in [3.05, 3.63) is 48.3 Å². The molecule has 3 aromatic heterocycles. The second-order valence-electron chi connectivity index (χ2n) is 9.75. The molecule has 9 nitrogen and oxygen atoms in total. The van der Waals surface area contributed by atoms with Crippen molar-refractivity contribution >= 4 is 28.7 Å². The number of ether oxygens (including phenoxy) is 2. The molecule has 3 aromatic rings. The first-order valence-electron chi connectivity index (χ1n) is 11.3. The van der Waals surface area contributed by atoms with Gasteiger partial charge in [0.2, 0.25) is 0 Å². The third kappa shape index (κ3) is 4.84. The van der Waals surface area contributed by atoms with Crippen LogP contribution in [0.4, 0.5) is 10.6 Å². The maximum Gasteiger partial charge on any atom is 0.407 e. The van der Waals surface area contributed by atoms with E-state index in [1.165, 1.54) is 0 Å². The van der Waals surface area contributed by atoms with E-state index < -0.39 is 11.7 Å². The zero-order chi connectivity index (χ0) is 23.9. The number of pyridine rings is 3. The fraction of sp³-hybridized carbons (Fsp3) is 0.400. The fourth-order valence-corrected chi connectivity index (χ4v) is 3.86. The molecule has 5 rings (SSSR count). The van der Waals surface area contributed by atoms with Gasteiger partial charge in [-0.25, -0.2) is 14.8 Å². The smallest absolute Gasteiger partial charge is 0.407 e. The molecule has 1 spiro atoms. The Bertz CT molecular complexity index is 1270. The molecule has 0 aromatic carbocycles. The quantitative estimate of drug-likeness (QED) is 0.632. The standard InChI is InChI=1S/C25H27N5O4/c1-24(2,3)34-23(32)27-13-17-11-20-16(12-26-17)7-8-19(28-20)18-5-4-6-21(29-18)30-15-25(9-10-25)33-14-22(30)31/h4-8,11-12H,9-10,13-15H2,1-3H3,(H,27,32). The van der Waals surface area contributed by atoms with Crippen molar-refractivity contribution in [1.29, 1.82) is 0 Å². The van der Waals surface area contributed by atoms with Crippen LogP contribution >= 0.6 is 0 Å². The molecule has 0 unspecified atom stereocenters. The van der Waals surface area contributed by atoms with Crippen LogP contribution < -0.4 is 10.2 Å². The van der Waals surface area contributed by atoms with Crippen LogP contribution in [0.2, 0.25) is 0 Å². The number of nitrogens with zero attached hydrogens (tertiary/aromatic N) is 4. The minimum atomic E-state index is -0.566. The lowest BCUT2D eigenvalue weighted by atomic mass is 10.2. The molecule has 0 atom stereocenters. The van der Waals surface area contributed by atoms with Crippen LogP contribution in [0.1, 0.15) is 39.3 Å². The lowest BCUT2D eigenvalue weighted by Gasteiger charge is -2.32. The van der Waals surface area contributed by atoms with Crippen molar-refractivity contribution in [2.75, 3.05) is 18.1 Å². The summed E-state index contributed by atoms with van der Waals surface area (Å²) in [5.74, 6) is 0.526. The number of rotatable bonds is 4. The highest BCUT2D eigenvalue weighted by Crippen LogP contribution is 2.43. The van der Waals surface area contributed by atoms with Gasteiger partial charge in [0.25, 0.3) is 5.91 Å². The van der Waals surface area contributed by atoms with Crippen LogP contribution in [0, 0.1) is 0 Å². The van der Waals surface area contributed by atoms with Crippen LogP contribution in [0.3, 0.4) is 0 Å². The summed E-state index contributed by atoms with van der Waals surface area (Å²) in [5.41, 5.74) is 2.01. The van der Waals surface area contributed by atoms with E-state index in [2.05, 4.69) is 10.3 Å². The molecule has 1 aliphatic carbocycles. The molecule has 2 fully saturated rings. The monoisotopic (exact) mass is 461 g/mol. The number of carbonyl (C=O) groups is 2. The topological polar surface area (TPSA) is 107 Å². The second-order valence-corrected chi connectivity index (χ2v) is 9.75. The highest BCUT2D eigenvalue weighted by atomic mass is 16.6. The number of carbonyl (C=O) groups excluding carboxylic acids is 2. The van der Waals surface area contributed by atoms with Crippen LogP contribution in [0.15, 0.2) is 42.6 Å². The van der Waals surface area contributed by atoms with Gasteiger partial charge in [-0.1, -0.05) is 6.07 Å². The first kappa shape index (κ1) is 22.2.